The quantitative estimate of drug-likeness (QED) is 0.449. The van der Waals surface area contributed by atoms with Crippen molar-refractivity contribution in [3.05, 3.63) is 35.4 Å². The van der Waals surface area contributed by atoms with Crippen LogP contribution < -0.4 is 4.74 Å². The maximum absolute atomic E-state index is 12.1. The zero-order chi connectivity index (χ0) is 24.1. The van der Waals surface area contributed by atoms with Gasteiger partial charge in [-0.25, -0.2) is 0 Å². The van der Waals surface area contributed by atoms with Gasteiger partial charge in [0, 0.05) is 30.0 Å². The van der Waals surface area contributed by atoms with Gasteiger partial charge in [0.05, 0.1) is 11.0 Å². The fraction of sp³-hybridized carbons (Fsp3) is 0.724. The van der Waals surface area contributed by atoms with E-state index < -0.39 is 16.8 Å². The molecule has 0 unspecified atom stereocenters. The fourth-order valence-corrected chi connectivity index (χ4v) is 9.47. The maximum Gasteiger partial charge on any atom is 0.166 e. The molecule has 4 bridgehead atoms. The molecule has 0 aromatic heterocycles. The van der Waals surface area contributed by atoms with Crippen LogP contribution in [-0.4, -0.2) is 58.7 Å². The van der Waals surface area contributed by atoms with Crippen LogP contribution in [0.15, 0.2) is 24.3 Å². The lowest BCUT2D eigenvalue weighted by atomic mass is 9.32. The van der Waals surface area contributed by atoms with Gasteiger partial charge in [0.15, 0.2) is 11.5 Å². The number of rotatable bonds is 7. The topological polar surface area (TPSA) is 62.2 Å². The summed E-state index contributed by atoms with van der Waals surface area (Å²) < 4.78 is 13.5. The first-order valence-corrected chi connectivity index (χ1v) is 13.4. The van der Waals surface area contributed by atoms with Crippen molar-refractivity contribution < 1.29 is 19.7 Å². The summed E-state index contributed by atoms with van der Waals surface area (Å²) in [6.45, 7) is 7.45. The van der Waals surface area contributed by atoms with Crippen molar-refractivity contribution in [3.63, 3.8) is 0 Å². The lowest BCUT2D eigenvalue weighted by Crippen LogP contribution is -2.85. The Morgan fingerprint density at radius 2 is 2.03 bits per heavy atom. The fourth-order valence-electron chi connectivity index (χ4n) is 9.47. The van der Waals surface area contributed by atoms with Crippen molar-refractivity contribution >= 4 is 0 Å². The van der Waals surface area contributed by atoms with Crippen molar-refractivity contribution in [1.82, 2.24) is 4.90 Å². The third-order valence-corrected chi connectivity index (χ3v) is 11.0. The Morgan fingerprint density at radius 3 is 2.76 bits per heavy atom. The van der Waals surface area contributed by atoms with Crippen LogP contribution in [-0.2, 0) is 16.6 Å². The highest BCUT2D eigenvalue weighted by Gasteiger charge is 2.85. The number of aliphatic hydroxyl groups is 1. The van der Waals surface area contributed by atoms with Crippen molar-refractivity contribution in [2.75, 3.05) is 20.7 Å². The molecule has 1 saturated heterocycles. The lowest BCUT2D eigenvalue weighted by Gasteiger charge is -2.75. The summed E-state index contributed by atoms with van der Waals surface area (Å²) in [5.41, 5.74) is -0.295. The summed E-state index contributed by atoms with van der Waals surface area (Å²) in [4.78, 5) is 2.53. The van der Waals surface area contributed by atoms with Gasteiger partial charge < -0.3 is 24.6 Å². The van der Waals surface area contributed by atoms with Gasteiger partial charge in [-0.2, -0.15) is 0 Å². The number of likely N-dealkylation sites (tertiary alicyclic amines) is 1. The first-order chi connectivity index (χ1) is 16.1. The number of phenolic OH excluding ortho intramolecular Hbond substituents is 1. The molecule has 4 aliphatic carbocycles. The molecule has 2 spiro atoms. The predicted molar refractivity (Wildman–Crippen MR) is 132 cm³/mol. The Hall–Kier alpha value is -1.56. The largest absolute Gasteiger partial charge is 0.504 e. The Kier molecular flexibility index (Phi) is 4.72. The highest BCUT2D eigenvalue weighted by atomic mass is 16.6. The average molecular weight is 468 g/mol. The molecule has 1 aromatic rings. The summed E-state index contributed by atoms with van der Waals surface area (Å²) in [7, 11) is 4.04. The molecule has 2 fully saturated rings. The molecule has 5 nitrogen and oxygen atoms in total. The Morgan fingerprint density at radius 1 is 1.24 bits per heavy atom. The second kappa shape index (κ2) is 7.02. The number of nitrogens with zero attached hydrogens (tertiary/aromatic N) is 1. The number of hydrogen-bond acceptors (Lipinski definition) is 5. The van der Waals surface area contributed by atoms with Gasteiger partial charge in [-0.05, 0) is 64.8 Å². The first-order valence-electron chi connectivity index (χ1n) is 13.4. The minimum absolute atomic E-state index is 0.0956. The first kappa shape index (κ1) is 22.9. The van der Waals surface area contributed by atoms with Crippen molar-refractivity contribution in [2.45, 2.75) is 100 Å². The summed E-state index contributed by atoms with van der Waals surface area (Å²) in [6.07, 6.45) is 12.8. The molecule has 7 atom stereocenters. The Labute approximate surface area is 204 Å². The van der Waals surface area contributed by atoms with Gasteiger partial charge in [0.1, 0.15) is 11.2 Å². The second-order valence-electron chi connectivity index (χ2n) is 12.2. The van der Waals surface area contributed by atoms with E-state index in [0.717, 1.165) is 45.1 Å². The van der Waals surface area contributed by atoms with E-state index in [-0.39, 0.29) is 22.5 Å². The van der Waals surface area contributed by atoms with E-state index in [4.69, 9.17) is 9.47 Å². The zero-order valence-electron chi connectivity index (χ0n) is 21.5. The van der Waals surface area contributed by atoms with E-state index in [1.807, 2.05) is 6.92 Å². The maximum atomic E-state index is 12.1. The summed E-state index contributed by atoms with van der Waals surface area (Å²) >= 11 is 0. The molecule has 7 rings (SSSR count). The van der Waals surface area contributed by atoms with Gasteiger partial charge in [-0.1, -0.05) is 50.8 Å². The molecule has 186 valence electrons. The average Bonchev–Trinajstić information content (AvgIpc) is 3.11. The highest BCUT2D eigenvalue weighted by Crippen LogP contribution is 2.79. The van der Waals surface area contributed by atoms with Crippen LogP contribution in [0.5, 0.6) is 11.5 Å². The predicted octanol–water partition coefficient (Wildman–Crippen LogP) is 4.72. The van der Waals surface area contributed by atoms with Crippen LogP contribution >= 0.6 is 0 Å². The number of methoxy groups -OCH3 is 1. The minimum atomic E-state index is -0.876. The van der Waals surface area contributed by atoms with Gasteiger partial charge >= 0.3 is 0 Å². The SMILES string of the molecule is CCCCCC[C@](C)(O)[C@H]1C[C@@]23C=C[C@@]1(OC)[C@@]1(C)Oc4c(O)ccc5c4[C@@]12CCN(C)[C@H]3C5. The number of piperidine rings is 1. The number of aromatic hydroxyl groups is 1. The number of likely N-dealkylation sites (N-methyl/N-ethyl adjacent to an activating group) is 1. The zero-order valence-corrected chi connectivity index (χ0v) is 21.5. The molecule has 2 N–H and O–H groups in total. The molecule has 1 aromatic carbocycles. The van der Waals surface area contributed by atoms with E-state index in [1.54, 1.807) is 13.2 Å². The van der Waals surface area contributed by atoms with Crippen LogP contribution in [0.25, 0.3) is 0 Å². The van der Waals surface area contributed by atoms with Crippen molar-refractivity contribution in [1.29, 1.82) is 0 Å². The van der Waals surface area contributed by atoms with Crippen LogP contribution in [0.2, 0.25) is 0 Å². The molecule has 0 radical (unpaired) electrons. The van der Waals surface area contributed by atoms with Crippen molar-refractivity contribution in [2.24, 2.45) is 11.3 Å². The van der Waals surface area contributed by atoms with Gasteiger partial charge in [-0.3, -0.25) is 0 Å². The number of fused-ring (bicyclic) bond motifs is 1. The van der Waals surface area contributed by atoms with Crippen LogP contribution in [0.4, 0.5) is 0 Å². The Bertz CT molecular complexity index is 1050. The molecule has 2 aliphatic heterocycles. The molecule has 2 heterocycles. The molecule has 34 heavy (non-hydrogen) atoms. The van der Waals surface area contributed by atoms with Gasteiger partial charge in [0.2, 0.25) is 0 Å². The van der Waals surface area contributed by atoms with E-state index in [2.05, 4.69) is 44.0 Å². The number of ether oxygens (including phenoxy) is 2. The molecule has 1 saturated carbocycles. The van der Waals surface area contributed by atoms with E-state index in [9.17, 15) is 10.2 Å². The standard InChI is InChI=1S/C29H41NO4/c1-6-7-8-9-12-25(2,32)21-18-27-13-14-29(21,33-5)26(3)28(27)15-16-30(4)22(27)17-19-10-11-20(31)24(34-26)23(19)28/h10-11,13-14,21-22,31-32H,6-9,12,15-18H2,1-5H3/t21-,22+,25+,26+,27-,28+,29+/m1/s1. The monoisotopic (exact) mass is 467 g/mol. The lowest BCUT2D eigenvalue weighted by molar-refractivity contribution is -0.286. The smallest absolute Gasteiger partial charge is 0.166 e. The highest BCUT2D eigenvalue weighted by molar-refractivity contribution is 5.67. The van der Waals surface area contributed by atoms with Gasteiger partial charge in [-0.15, -0.1) is 0 Å². The van der Waals surface area contributed by atoms with E-state index >= 15 is 0 Å². The van der Waals surface area contributed by atoms with Gasteiger partial charge in [0.25, 0.3) is 0 Å². The number of hydrogen-bond donors (Lipinski definition) is 2. The van der Waals surface area contributed by atoms with Crippen LogP contribution in [0, 0.1) is 11.3 Å². The molecule has 0 amide bonds. The number of phenols is 1. The Balaban J connectivity index is 1.56. The third-order valence-electron chi connectivity index (χ3n) is 11.0. The molecule has 6 aliphatic rings. The van der Waals surface area contributed by atoms with Crippen molar-refractivity contribution in [3.8, 4) is 11.5 Å². The summed E-state index contributed by atoms with van der Waals surface area (Å²) in [6, 6.07) is 4.24. The molecular formula is C29H41NO4. The second-order valence-corrected chi connectivity index (χ2v) is 12.2. The summed E-state index contributed by atoms with van der Waals surface area (Å²) in [5, 5.41) is 23.0. The normalized spacial score (nSPS) is 42.9. The van der Waals surface area contributed by atoms with Crippen LogP contribution in [0.3, 0.4) is 0 Å². The van der Waals surface area contributed by atoms with E-state index in [1.165, 1.54) is 24.0 Å². The molecule has 5 heteroatoms. The minimum Gasteiger partial charge on any atom is -0.504 e. The summed E-state index contributed by atoms with van der Waals surface area (Å²) in [5.74, 6) is 0.785. The number of benzene rings is 1. The molecular weight excluding hydrogens is 426 g/mol. The van der Waals surface area contributed by atoms with E-state index in [0.29, 0.717) is 11.8 Å². The van der Waals surface area contributed by atoms with Crippen LogP contribution in [0.1, 0.15) is 76.8 Å². The third kappa shape index (κ3) is 2.29. The number of unbranched alkanes of at least 4 members (excludes halogenated alkanes) is 3.